The molecular weight excluding hydrogens is 200 g/mol. The van der Waals surface area contributed by atoms with E-state index in [0.29, 0.717) is 18.8 Å². The van der Waals surface area contributed by atoms with Crippen LogP contribution in [-0.2, 0) is 4.79 Å². The number of rotatable bonds is 5. The summed E-state index contributed by atoms with van der Waals surface area (Å²) in [7, 11) is 0. The fourth-order valence-electron chi connectivity index (χ4n) is 1.50. The van der Waals surface area contributed by atoms with Crippen LogP contribution in [-0.4, -0.2) is 18.4 Å². The van der Waals surface area contributed by atoms with Crippen molar-refractivity contribution in [2.75, 3.05) is 0 Å². The van der Waals surface area contributed by atoms with E-state index in [9.17, 15) is 13.6 Å². The third-order valence-corrected chi connectivity index (χ3v) is 3.24. The van der Waals surface area contributed by atoms with Crippen molar-refractivity contribution >= 4 is 5.91 Å². The highest BCUT2D eigenvalue weighted by Crippen LogP contribution is 2.50. The molecule has 0 aromatic carbocycles. The predicted molar refractivity (Wildman–Crippen MR) is 54.7 cm³/mol. The maximum Gasteiger partial charge on any atom is 0.239 e. The van der Waals surface area contributed by atoms with Gasteiger partial charge in [-0.05, 0) is 25.7 Å². The molecule has 0 aliphatic heterocycles. The molecular formula is C11H19F2NO. The van der Waals surface area contributed by atoms with Crippen LogP contribution in [0.2, 0.25) is 0 Å². The molecule has 1 aliphatic rings. The molecule has 0 aromatic heterocycles. The lowest BCUT2D eigenvalue weighted by Gasteiger charge is -2.21. The quantitative estimate of drug-likeness (QED) is 0.756. The predicted octanol–water partition coefficient (Wildman–Crippen LogP) is 2.58. The zero-order valence-electron chi connectivity index (χ0n) is 9.52. The zero-order valence-corrected chi connectivity index (χ0v) is 9.52. The zero-order chi connectivity index (χ0) is 11.6. The van der Waals surface area contributed by atoms with Crippen molar-refractivity contribution in [2.45, 2.75) is 52.5 Å². The average Bonchev–Trinajstić information content (AvgIpc) is 2.84. The highest BCUT2D eigenvalue weighted by atomic mass is 19.3. The van der Waals surface area contributed by atoms with Gasteiger partial charge >= 0.3 is 0 Å². The molecule has 1 fully saturated rings. The summed E-state index contributed by atoms with van der Waals surface area (Å²) in [5.41, 5.74) is -0.753. The highest BCUT2D eigenvalue weighted by molar-refractivity contribution is 5.85. The number of nitrogens with one attached hydrogen (secondary N) is 1. The van der Waals surface area contributed by atoms with Crippen molar-refractivity contribution in [3.05, 3.63) is 0 Å². The van der Waals surface area contributed by atoms with E-state index < -0.39 is 11.8 Å². The summed E-state index contributed by atoms with van der Waals surface area (Å²) >= 11 is 0. The van der Waals surface area contributed by atoms with Crippen LogP contribution in [0.1, 0.15) is 40.0 Å². The van der Waals surface area contributed by atoms with Gasteiger partial charge < -0.3 is 5.32 Å². The van der Waals surface area contributed by atoms with Gasteiger partial charge in [0.05, 0.1) is 5.41 Å². The molecule has 4 heteroatoms. The van der Waals surface area contributed by atoms with Crippen LogP contribution < -0.4 is 5.32 Å². The third-order valence-electron chi connectivity index (χ3n) is 3.24. The fourth-order valence-corrected chi connectivity index (χ4v) is 1.50. The molecule has 1 saturated carbocycles. The number of carbonyl (C=O) groups excluding carboxylic acids is 1. The first-order valence-electron chi connectivity index (χ1n) is 5.46. The standard InChI is InChI=1S/C11H19F2NO/c1-7(2)8(3)14-10(15)11(4-5-11)6-9(12)13/h7-9H,4-6H2,1-3H3,(H,14,15). The smallest absolute Gasteiger partial charge is 0.239 e. The number of hydrogen-bond donors (Lipinski definition) is 1. The third kappa shape index (κ3) is 3.14. The Hall–Kier alpha value is -0.670. The van der Waals surface area contributed by atoms with Crippen LogP contribution in [0, 0.1) is 11.3 Å². The maximum absolute atomic E-state index is 12.2. The number of amides is 1. The maximum atomic E-state index is 12.2. The number of halogens is 2. The molecule has 1 rings (SSSR count). The Labute approximate surface area is 89.4 Å². The van der Waals surface area contributed by atoms with E-state index in [1.807, 2.05) is 20.8 Å². The Morgan fingerprint density at radius 3 is 2.20 bits per heavy atom. The topological polar surface area (TPSA) is 29.1 Å². The SMILES string of the molecule is CC(C)C(C)NC(=O)C1(CC(F)F)CC1. The van der Waals surface area contributed by atoms with Crippen molar-refractivity contribution in [3.63, 3.8) is 0 Å². The molecule has 0 aromatic rings. The molecule has 0 saturated heterocycles. The monoisotopic (exact) mass is 219 g/mol. The number of alkyl halides is 2. The Morgan fingerprint density at radius 1 is 1.33 bits per heavy atom. The molecule has 88 valence electrons. The van der Waals surface area contributed by atoms with E-state index >= 15 is 0 Å². The summed E-state index contributed by atoms with van der Waals surface area (Å²) in [6.07, 6.45) is -1.46. The second kappa shape index (κ2) is 4.45. The molecule has 0 heterocycles. The summed E-state index contributed by atoms with van der Waals surface area (Å²) < 4.78 is 24.5. The molecule has 1 N–H and O–H groups in total. The first-order chi connectivity index (χ1) is 6.87. The first-order valence-corrected chi connectivity index (χ1v) is 5.46. The minimum absolute atomic E-state index is 0.0487. The van der Waals surface area contributed by atoms with Gasteiger partial charge in [0, 0.05) is 12.5 Å². The minimum atomic E-state index is -2.38. The summed E-state index contributed by atoms with van der Waals surface area (Å²) in [6, 6.07) is 0.0487. The summed E-state index contributed by atoms with van der Waals surface area (Å²) in [5, 5.41) is 2.82. The summed E-state index contributed by atoms with van der Waals surface area (Å²) in [6.45, 7) is 5.90. The van der Waals surface area contributed by atoms with Crippen LogP contribution in [0.3, 0.4) is 0 Å². The molecule has 1 aliphatic carbocycles. The van der Waals surface area contributed by atoms with Gasteiger partial charge in [-0.1, -0.05) is 13.8 Å². The van der Waals surface area contributed by atoms with Gasteiger partial charge in [-0.3, -0.25) is 4.79 Å². The molecule has 1 amide bonds. The van der Waals surface area contributed by atoms with Crippen LogP contribution in [0.5, 0.6) is 0 Å². The number of hydrogen-bond acceptors (Lipinski definition) is 1. The molecule has 0 radical (unpaired) electrons. The second-order valence-electron chi connectivity index (χ2n) is 4.88. The molecule has 0 spiro atoms. The van der Waals surface area contributed by atoms with Crippen molar-refractivity contribution in [2.24, 2.45) is 11.3 Å². The largest absolute Gasteiger partial charge is 0.353 e. The molecule has 0 bridgehead atoms. The van der Waals surface area contributed by atoms with Gasteiger partial charge in [-0.15, -0.1) is 0 Å². The highest BCUT2D eigenvalue weighted by Gasteiger charge is 2.51. The summed E-state index contributed by atoms with van der Waals surface area (Å²) in [5.74, 6) is 0.139. The number of carbonyl (C=O) groups is 1. The van der Waals surface area contributed by atoms with Crippen LogP contribution in [0.4, 0.5) is 8.78 Å². The van der Waals surface area contributed by atoms with Gasteiger partial charge in [0.25, 0.3) is 0 Å². The summed E-state index contributed by atoms with van der Waals surface area (Å²) in [4.78, 5) is 11.7. The second-order valence-corrected chi connectivity index (χ2v) is 4.88. The fraction of sp³-hybridized carbons (Fsp3) is 0.909. The van der Waals surface area contributed by atoms with E-state index in [-0.39, 0.29) is 18.4 Å². The van der Waals surface area contributed by atoms with E-state index in [1.165, 1.54) is 0 Å². The lowest BCUT2D eigenvalue weighted by Crippen LogP contribution is -2.41. The Bertz CT molecular complexity index is 237. The van der Waals surface area contributed by atoms with Gasteiger partial charge in [0.2, 0.25) is 12.3 Å². The van der Waals surface area contributed by atoms with Crippen molar-refractivity contribution in [1.82, 2.24) is 5.32 Å². The molecule has 1 atom stereocenters. The van der Waals surface area contributed by atoms with E-state index in [1.54, 1.807) is 0 Å². The molecule has 15 heavy (non-hydrogen) atoms. The first kappa shape index (κ1) is 12.4. The van der Waals surface area contributed by atoms with Crippen molar-refractivity contribution in [3.8, 4) is 0 Å². The van der Waals surface area contributed by atoms with E-state index in [4.69, 9.17) is 0 Å². The van der Waals surface area contributed by atoms with E-state index in [2.05, 4.69) is 5.32 Å². The van der Waals surface area contributed by atoms with Gasteiger partial charge in [0.1, 0.15) is 0 Å². The molecule has 2 nitrogen and oxygen atoms in total. The van der Waals surface area contributed by atoms with Crippen molar-refractivity contribution in [1.29, 1.82) is 0 Å². The van der Waals surface area contributed by atoms with Crippen molar-refractivity contribution < 1.29 is 13.6 Å². The average molecular weight is 219 g/mol. The Kier molecular flexibility index (Phi) is 3.68. The molecule has 1 unspecified atom stereocenters. The van der Waals surface area contributed by atoms with Crippen LogP contribution in [0.15, 0.2) is 0 Å². The Morgan fingerprint density at radius 2 is 1.87 bits per heavy atom. The Balaban J connectivity index is 2.46. The van der Waals surface area contributed by atoms with E-state index in [0.717, 1.165) is 0 Å². The van der Waals surface area contributed by atoms with Gasteiger partial charge in [0.15, 0.2) is 0 Å². The lowest BCUT2D eigenvalue weighted by atomic mass is 9.99. The van der Waals surface area contributed by atoms with Gasteiger partial charge in [-0.25, -0.2) is 8.78 Å². The van der Waals surface area contributed by atoms with Crippen LogP contribution >= 0.6 is 0 Å². The van der Waals surface area contributed by atoms with Crippen LogP contribution in [0.25, 0.3) is 0 Å². The lowest BCUT2D eigenvalue weighted by molar-refractivity contribution is -0.128. The minimum Gasteiger partial charge on any atom is -0.353 e. The normalized spacial score (nSPS) is 20.5. The van der Waals surface area contributed by atoms with Gasteiger partial charge in [-0.2, -0.15) is 0 Å².